The third kappa shape index (κ3) is 3.89. The highest BCUT2D eigenvalue weighted by atomic mass is 16.2. The normalized spacial score (nSPS) is 14.7. The molecule has 0 bridgehead atoms. The second-order valence-corrected chi connectivity index (χ2v) is 9.24. The Labute approximate surface area is 203 Å². The van der Waals surface area contributed by atoms with Gasteiger partial charge < -0.3 is 14.8 Å². The van der Waals surface area contributed by atoms with Crippen molar-refractivity contribution >= 4 is 33.5 Å². The van der Waals surface area contributed by atoms with E-state index in [1.807, 2.05) is 17.2 Å². The summed E-state index contributed by atoms with van der Waals surface area (Å²) in [7, 11) is 2.06. The molecule has 1 aliphatic rings. The molecule has 6 rings (SSSR count). The van der Waals surface area contributed by atoms with Gasteiger partial charge in [0.05, 0.1) is 17.1 Å². The fraction of sp³-hybridized carbons (Fsp3) is 0.214. The lowest BCUT2D eigenvalue weighted by molar-refractivity contribution is -0.135. The van der Waals surface area contributed by atoms with Crippen LogP contribution in [0.25, 0.3) is 33.1 Å². The molecule has 4 heterocycles. The van der Waals surface area contributed by atoms with Crippen molar-refractivity contribution in [3.63, 3.8) is 0 Å². The Morgan fingerprint density at radius 2 is 1.91 bits per heavy atom. The Hall–Kier alpha value is -4.26. The molecule has 1 fully saturated rings. The molecular weight excluding hydrogens is 436 g/mol. The van der Waals surface area contributed by atoms with Gasteiger partial charge in [-0.2, -0.15) is 0 Å². The number of nitrogens with one attached hydrogen (secondary N) is 1. The summed E-state index contributed by atoms with van der Waals surface area (Å²) in [4.78, 5) is 27.3. The van der Waals surface area contributed by atoms with Crippen molar-refractivity contribution < 1.29 is 4.79 Å². The molecule has 0 radical (unpaired) electrons. The van der Waals surface area contributed by atoms with Gasteiger partial charge in [-0.25, -0.2) is 0 Å². The van der Waals surface area contributed by atoms with Crippen LogP contribution in [0.15, 0.2) is 79.5 Å². The van der Waals surface area contributed by atoms with E-state index in [1.54, 1.807) is 25.5 Å². The number of amides is 1. The fourth-order valence-electron chi connectivity index (χ4n) is 5.00. The van der Waals surface area contributed by atoms with E-state index in [9.17, 15) is 4.79 Å². The van der Waals surface area contributed by atoms with Gasteiger partial charge in [0.15, 0.2) is 0 Å². The van der Waals surface area contributed by atoms with Crippen molar-refractivity contribution in [2.75, 3.05) is 18.4 Å². The largest absolute Gasteiger partial charge is 0.378 e. The van der Waals surface area contributed by atoms with E-state index in [4.69, 9.17) is 0 Å². The zero-order valence-corrected chi connectivity index (χ0v) is 19.7. The minimum Gasteiger partial charge on any atom is -0.378 e. The highest BCUT2D eigenvalue weighted by Crippen LogP contribution is 2.36. The van der Waals surface area contributed by atoms with E-state index in [0.29, 0.717) is 5.92 Å². The van der Waals surface area contributed by atoms with Gasteiger partial charge in [0.1, 0.15) is 0 Å². The number of aryl methyl sites for hydroxylation is 1. The van der Waals surface area contributed by atoms with E-state index in [1.165, 1.54) is 10.9 Å². The summed E-state index contributed by atoms with van der Waals surface area (Å²) in [5.41, 5.74) is 7.08. The minimum absolute atomic E-state index is 0.0247. The van der Waals surface area contributed by atoms with Crippen molar-refractivity contribution in [3.05, 3.63) is 85.1 Å². The summed E-state index contributed by atoms with van der Waals surface area (Å²) in [6.45, 7) is 3.08. The lowest BCUT2D eigenvalue weighted by atomic mass is 9.87. The quantitative estimate of drug-likeness (QED) is 0.405. The van der Waals surface area contributed by atoms with Gasteiger partial charge in [-0.15, -0.1) is 0 Å². The zero-order chi connectivity index (χ0) is 23.9. The first kappa shape index (κ1) is 21.3. The van der Waals surface area contributed by atoms with Gasteiger partial charge in [-0.05, 0) is 46.8 Å². The summed E-state index contributed by atoms with van der Waals surface area (Å²) in [6.07, 6.45) is 9.23. The fourth-order valence-corrected chi connectivity index (χ4v) is 5.00. The molecule has 3 aromatic heterocycles. The molecule has 1 N–H and O–H groups in total. The molecular formula is C28H26N6O. The van der Waals surface area contributed by atoms with Crippen LogP contribution in [-0.4, -0.2) is 43.4 Å². The Balaban J connectivity index is 1.42. The van der Waals surface area contributed by atoms with E-state index in [-0.39, 0.29) is 11.9 Å². The maximum Gasteiger partial charge on any atom is 0.219 e. The Morgan fingerprint density at radius 1 is 1.06 bits per heavy atom. The predicted octanol–water partition coefficient (Wildman–Crippen LogP) is 4.82. The minimum atomic E-state index is 0.0247. The van der Waals surface area contributed by atoms with Crippen molar-refractivity contribution in [2.45, 2.75) is 13.0 Å². The number of nitrogens with zero attached hydrogens (tertiary/aromatic N) is 5. The second-order valence-electron chi connectivity index (χ2n) is 9.24. The standard InChI is InChI=1S/C28H26N6O/c1-18(35)34-16-22(17-34)27(21-4-3-8-29-15-21)32-23-13-24(28-25(14-23)30-9-10-31-28)20-6-5-19-7-11-33(2)26(19)12-20/h3-15,22,27,32H,16-17H2,1-2H3. The summed E-state index contributed by atoms with van der Waals surface area (Å²) in [5.74, 6) is 0.411. The number of hydrogen-bond donors (Lipinski definition) is 1. The molecule has 0 saturated carbocycles. The first-order valence-electron chi connectivity index (χ1n) is 11.8. The number of hydrogen-bond acceptors (Lipinski definition) is 5. The predicted molar refractivity (Wildman–Crippen MR) is 138 cm³/mol. The summed E-state index contributed by atoms with van der Waals surface area (Å²) < 4.78 is 2.13. The van der Waals surface area contributed by atoms with Crippen LogP contribution in [0.3, 0.4) is 0 Å². The summed E-state index contributed by atoms with van der Waals surface area (Å²) in [5, 5.41) is 4.96. The molecule has 1 unspecified atom stereocenters. The van der Waals surface area contributed by atoms with E-state index >= 15 is 0 Å². The van der Waals surface area contributed by atoms with Crippen molar-refractivity contribution in [1.82, 2.24) is 24.4 Å². The number of fused-ring (bicyclic) bond motifs is 2. The highest BCUT2D eigenvalue weighted by molar-refractivity contribution is 5.97. The van der Waals surface area contributed by atoms with Crippen molar-refractivity contribution in [1.29, 1.82) is 0 Å². The number of aromatic nitrogens is 4. The molecule has 1 saturated heterocycles. The van der Waals surface area contributed by atoms with Gasteiger partial charge in [-0.3, -0.25) is 19.7 Å². The van der Waals surface area contributed by atoms with Crippen molar-refractivity contribution in [2.24, 2.45) is 13.0 Å². The SMILES string of the molecule is CC(=O)N1CC(C(Nc2cc(-c3ccc4ccn(C)c4c3)c3nccnc3c2)c2cccnc2)C1. The molecule has 5 aromatic rings. The summed E-state index contributed by atoms with van der Waals surface area (Å²) >= 11 is 0. The molecule has 174 valence electrons. The van der Waals surface area contributed by atoms with Gasteiger partial charge in [0.25, 0.3) is 0 Å². The number of carbonyl (C=O) groups excluding carboxylic acids is 1. The lowest BCUT2D eigenvalue weighted by Crippen LogP contribution is -2.52. The van der Waals surface area contributed by atoms with E-state index < -0.39 is 0 Å². The van der Waals surface area contributed by atoms with Crippen LogP contribution < -0.4 is 5.32 Å². The van der Waals surface area contributed by atoms with Crippen LogP contribution in [0.4, 0.5) is 5.69 Å². The topological polar surface area (TPSA) is 75.9 Å². The molecule has 35 heavy (non-hydrogen) atoms. The first-order chi connectivity index (χ1) is 17.1. The number of benzene rings is 2. The number of anilines is 1. The smallest absolute Gasteiger partial charge is 0.219 e. The van der Waals surface area contributed by atoms with E-state index in [2.05, 4.69) is 80.5 Å². The molecule has 0 spiro atoms. The first-order valence-corrected chi connectivity index (χ1v) is 11.8. The maximum atomic E-state index is 11.8. The Bertz CT molecular complexity index is 1540. The zero-order valence-electron chi connectivity index (χ0n) is 19.7. The Kier molecular flexibility index (Phi) is 5.17. The average molecular weight is 463 g/mol. The third-order valence-electron chi connectivity index (χ3n) is 6.97. The molecule has 1 amide bonds. The van der Waals surface area contributed by atoms with Gasteiger partial charge in [-0.1, -0.05) is 18.2 Å². The molecule has 0 aliphatic carbocycles. The number of likely N-dealkylation sites (tertiary alicyclic amines) is 1. The van der Waals surface area contributed by atoms with Crippen molar-refractivity contribution in [3.8, 4) is 11.1 Å². The van der Waals surface area contributed by atoms with Crippen LogP contribution in [0.5, 0.6) is 0 Å². The third-order valence-corrected chi connectivity index (χ3v) is 6.97. The maximum absolute atomic E-state index is 11.8. The van der Waals surface area contributed by atoms with E-state index in [0.717, 1.165) is 46.5 Å². The molecule has 1 atom stereocenters. The number of carbonyl (C=O) groups is 1. The molecule has 1 aliphatic heterocycles. The second kappa shape index (κ2) is 8.51. The van der Waals surface area contributed by atoms with Crippen LogP contribution >= 0.6 is 0 Å². The van der Waals surface area contributed by atoms with Crippen LogP contribution in [0.1, 0.15) is 18.5 Å². The summed E-state index contributed by atoms with van der Waals surface area (Å²) in [6, 6.07) is 16.9. The average Bonchev–Trinajstić information content (AvgIpc) is 3.22. The Morgan fingerprint density at radius 3 is 2.71 bits per heavy atom. The number of rotatable bonds is 5. The van der Waals surface area contributed by atoms with Gasteiger partial charge in [0.2, 0.25) is 5.91 Å². The highest BCUT2D eigenvalue weighted by Gasteiger charge is 2.36. The van der Waals surface area contributed by atoms with Gasteiger partial charge in [0, 0.05) is 80.7 Å². The molecule has 7 nitrogen and oxygen atoms in total. The van der Waals surface area contributed by atoms with Crippen LogP contribution in [0, 0.1) is 5.92 Å². The molecule has 7 heteroatoms. The molecule has 2 aromatic carbocycles. The number of pyridine rings is 1. The van der Waals surface area contributed by atoms with Crippen LogP contribution in [-0.2, 0) is 11.8 Å². The van der Waals surface area contributed by atoms with Gasteiger partial charge >= 0.3 is 0 Å². The monoisotopic (exact) mass is 462 g/mol. The van der Waals surface area contributed by atoms with Crippen LogP contribution in [0.2, 0.25) is 0 Å². The lowest BCUT2D eigenvalue weighted by Gasteiger charge is -2.43.